The molecular formula is C24H26ClN3O3. The minimum absolute atomic E-state index is 0.00833. The molecule has 0 aliphatic carbocycles. The van der Waals surface area contributed by atoms with Crippen LogP contribution in [0.5, 0.6) is 0 Å². The molecule has 6 nitrogen and oxygen atoms in total. The summed E-state index contributed by atoms with van der Waals surface area (Å²) >= 11 is 6.15. The van der Waals surface area contributed by atoms with E-state index in [9.17, 15) is 14.4 Å². The number of amides is 3. The average molecular weight is 440 g/mol. The molecule has 2 saturated heterocycles. The Bertz CT molecular complexity index is 1030. The maximum absolute atomic E-state index is 13.1. The Balaban J connectivity index is 1.38. The Morgan fingerprint density at radius 2 is 1.61 bits per heavy atom. The summed E-state index contributed by atoms with van der Waals surface area (Å²) in [6, 6.07) is 12.9. The van der Waals surface area contributed by atoms with E-state index >= 15 is 0 Å². The van der Waals surface area contributed by atoms with Crippen molar-refractivity contribution in [1.82, 2.24) is 9.80 Å². The van der Waals surface area contributed by atoms with Crippen molar-refractivity contribution in [3.05, 3.63) is 64.2 Å². The van der Waals surface area contributed by atoms with Gasteiger partial charge in [-0.05, 0) is 43.2 Å². The second-order valence-electron chi connectivity index (χ2n) is 8.22. The summed E-state index contributed by atoms with van der Waals surface area (Å²) < 4.78 is 0. The summed E-state index contributed by atoms with van der Waals surface area (Å²) in [6.45, 7) is 6.26. The van der Waals surface area contributed by atoms with E-state index in [-0.39, 0.29) is 30.1 Å². The number of benzene rings is 2. The summed E-state index contributed by atoms with van der Waals surface area (Å²) in [5.41, 5.74) is 3.56. The molecule has 4 rings (SSSR count). The molecular weight excluding hydrogens is 414 g/mol. The first-order chi connectivity index (χ1) is 14.9. The molecule has 162 valence electrons. The highest BCUT2D eigenvalue weighted by molar-refractivity contribution is 6.33. The van der Waals surface area contributed by atoms with Gasteiger partial charge in [0.15, 0.2) is 0 Å². The molecule has 0 N–H and O–H groups in total. The fourth-order valence-corrected chi connectivity index (χ4v) is 4.54. The Labute approximate surface area is 187 Å². The molecule has 3 amide bonds. The lowest BCUT2D eigenvalue weighted by atomic mass is 10.1. The zero-order valence-corrected chi connectivity index (χ0v) is 18.6. The van der Waals surface area contributed by atoms with Gasteiger partial charge in [-0.25, -0.2) is 0 Å². The highest BCUT2D eigenvalue weighted by Gasteiger charge is 2.38. The van der Waals surface area contributed by atoms with E-state index in [1.165, 1.54) is 0 Å². The van der Waals surface area contributed by atoms with Crippen LogP contribution in [0, 0.1) is 19.8 Å². The quantitative estimate of drug-likeness (QED) is 0.737. The van der Waals surface area contributed by atoms with Crippen LogP contribution in [0.25, 0.3) is 0 Å². The summed E-state index contributed by atoms with van der Waals surface area (Å²) in [5.74, 6) is -0.487. The molecule has 1 atom stereocenters. The van der Waals surface area contributed by atoms with Crippen LogP contribution in [-0.4, -0.2) is 60.2 Å². The second-order valence-corrected chi connectivity index (χ2v) is 8.63. The highest BCUT2D eigenvalue weighted by atomic mass is 35.5. The van der Waals surface area contributed by atoms with Gasteiger partial charge in [0.25, 0.3) is 5.91 Å². The Kier molecular flexibility index (Phi) is 6.01. The number of nitrogens with zero attached hydrogens (tertiary/aromatic N) is 3. The largest absolute Gasteiger partial charge is 0.339 e. The van der Waals surface area contributed by atoms with Crippen LogP contribution in [-0.2, 0) is 9.59 Å². The number of halogens is 1. The zero-order chi connectivity index (χ0) is 22.1. The molecule has 0 radical (unpaired) electrons. The topological polar surface area (TPSA) is 60.9 Å². The van der Waals surface area contributed by atoms with Crippen molar-refractivity contribution in [2.75, 3.05) is 37.6 Å². The molecule has 2 aromatic rings. The Morgan fingerprint density at radius 1 is 0.935 bits per heavy atom. The molecule has 31 heavy (non-hydrogen) atoms. The van der Waals surface area contributed by atoms with Crippen LogP contribution in [0.4, 0.5) is 5.69 Å². The van der Waals surface area contributed by atoms with Crippen molar-refractivity contribution in [3.63, 3.8) is 0 Å². The Morgan fingerprint density at radius 3 is 2.32 bits per heavy atom. The molecule has 2 fully saturated rings. The molecule has 2 aromatic carbocycles. The van der Waals surface area contributed by atoms with Gasteiger partial charge < -0.3 is 14.7 Å². The number of anilines is 1. The third-order valence-electron chi connectivity index (χ3n) is 6.32. The third-order valence-corrected chi connectivity index (χ3v) is 6.65. The van der Waals surface area contributed by atoms with Crippen LogP contribution < -0.4 is 4.90 Å². The van der Waals surface area contributed by atoms with Gasteiger partial charge >= 0.3 is 0 Å². The molecule has 7 heteroatoms. The third kappa shape index (κ3) is 4.17. The summed E-state index contributed by atoms with van der Waals surface area (Å²) in [5, 5.41) is 0.432. The molecule has 0 aromatic heterocycles. The first-order valence-electron chi connectivity index (χ1n) is 10.6. The highest BCUT2D eigenvalue weighted by Crippen LogP contribution is 2.30. The standard InChI is InChI=1S/C24H26ClN3O3/c1-16-6-5-9-21(17(16)2)28-15-18(14-22(28)29)23(30)26-10-12-27(13-11-26)24(31)19-7-3-4-8-20(19)25/h3-9,18H,10-15H2,1-2H3. The van der Waals surface area contributed by atoms with Crippen LogP contribution in [0.3, 0.4) is 0 Å². The molecule has 0 bridgehead atoms. The molecule has 2 heterocycles. The molecule has 2 aliphatic rings. The molecule has 1 unspecified atom stereocenters. The van der Waals surface area contributed by atoms with Crippen molar-refractivity contribution < 1.29 is 14.4 Å². The number of carbonyl (C=O) groups is 3. The maximum atomic E-state index is 13.1. The second kappa shape index (κ2) is 8.71. The van der Waals surface area contributed by atoms with Gasteiger partial charge in [-0.1, -0.05) is 35.9 Å². The van der Waals surface area contributed by atoms with Crippen molar-refractivity contribution in [3.8, 4) is 0 Å². The van der Waals surface area contributed by atoms with Gasteiger partial charge in [-0.2, -0.15) is 0 Å². The predicted molar refractivity (Wildman–Crippen MR) is 120 cm³/mol. The zero-order valence-electron chi connectivity index (χ0n) is 17.8. The smallest absolute Gasteiger partial charge is 0.255 e. The number of hydrogen-bond donors (Lipinski definition) is 0. The number of carbonyl (C=O) groups excluding carboxylic acids is 3. The summed E-state index contributed by atoms with van der Waals surface area (Å²) in [7, 11) is 0. The summed E-state index contributed by atoms with van der Waals surface area (Å²) in [4.78, 5) is 43.7. The Hall–Kier alpha value is -2.86. The van der Waals surface area contributed by atoms with Gasteiger partial charge in [0, 0.05) is 44.8 Å². The lowest BCUT2D eigenvalue weighted by Gasteiger charge is -2.36. The van der Waals surface area contributed by atoms with Gasteiger partial charge in [0.05, 0.1) is 16.5 Å². The van der Waals surface area contributed by atoms with Gasteiger partial charge in [0.1, 0.15) is 0 Å². The van der Waals surface area contributed by atoms with Crippen molar-refractivity contribution in [1.29, 1.82) is 0 Å². The number of piperazine rings is 1. The fourth-order valence-electron chi connectivity index (χ4n) is 4.33. The van der Waals surface area contributed by atoms with Crippen LogP contribution >= 0.6 is 11.6 Å². The van der Waals surface area contributed by atoms with Crippen LogP contribution in [0.2, 0.25) is 5.02 Å². The minimum Gasteiger partial charge on any atom is -0.339 e. The number of rotatable bonds is 3. The van der Waals surface area contributed by atoms with Crippen molar-refractivity contribution in [2.45, 2.75) is 20.3 Å². The van der Waals surface area contributed by atoms with E-state index < -0.39 is 0 Å². The average Bonchev–Trinajstić information content (AvgIpc) is 3.16. The van der Waals surface area contributed by atoms with Gasteiger partial charge in [-0.15, -0.1) is 0 Å². The monoisotopic (exact) mass is 439 g/mol. The minimum atomic E-state index is -0.349. The number of aryl methyl sites for hydroxylation is 1. The predicted octanol–water partition coefficient (Wildman–Crippen LogP) is 3.29. The van der Waals surface area contributed by atoms with E-state index in [1.807, 2.05) is 32.0 Å². The number of hydrogen-bond acceptors (Lipinski definition) is 3. The fraction of sp³-hybridized carbons (Fsp3) is 0.375. The molecule has 2 aliphatic heterocycles. The van der Waals surface area contributed by atoms with Crippen LogP contribution in [0.15, 0.2) is 42.5 Å². The first kappa shape index (κ1) is 21.4. The lowest BCUT2D eigenvalue weighted by Crippen LogP contribution is -2.52. The van der Waals surface area contributed by atoms with E-state index in [0.717, 1.165) is 16.8 Å². The normalized spacial score (nSPS) is 19.1. The van der Waals surface area contributed by atoms with Gasteiger partial charge in [0.2, 0.25) is 11.8 Å². The first-order valence-corrected chi connectivity index (χ1v) is 10.9. The van der Waals surface area contributed by atoms with E-state index in [2.05, 4.69) is 0 Å². The molecule has 0 spiro atoms. The SMILES string of the molecule is Cc1cccc(N2CC(C(=O)N3CCN(C(=O)c4ccccc4Cl)CC3)CC2=O)c1C. The van der Waals surface area contributed by atoms with Crippen molar-refractivity contribution in [2.24, 2.45) is 5.92 Å². The van der Waals surface area contributed by atoms with Gasteiger partial charge in [-0.3, -0.25) is 14.4 Å². The van der Waals surface area contributed by atoms with Crippen molar-refractivity contribution >= 4 is 35.0 Å². The summed E-state index contributed by atoms with van der Waals surface area (Å²) in [6.07, 6.45) is 0.227. The molecule has 0 saturated carbocycles. The van der Waals surface area contributed by atoms with Crippen LogP contribution in [0.1, 0.15) is 27.9 Å². The maximum Gasteiger partial charge on any atom is 0.255 e. The van der Waals surface area contributed by atoms with E-state index in [4.69, 9.17) is 11.6 Å². The lowest BCUT2D eigenvalue weighted by molar-refractivity contribution is -0.137. The van der Waals surface area contributed by atoms with E-state index in [0.29, 0.717) is 43.3 Å². The van der Waals surface area contributed by atoms with E-state index in [1.54, 1.807) is 39.0 Å².